The Labute approximate surface area is 211 Å². The zero-order valence-corrected chi connectivity index (χ0v) is 21.6. The first-order chi connectivity index (χ1) is 16.9. The van der Waals surface area contributed by atoms with Crippen LogP contribution in [0.2, 0.25) is 0 Å². The molecule has 3 aliphatic rings. The predicted molar refractivity (Wildman–Crippen MR) is 141 cm³/mol. The molecule has 0 aliphatic carbocycles. The van der Waals surface area contributed by atoms with E-state index < -0.39 is 5.54 Å². The summed E-state index contributed by atoms with van der Waals surface area (Å²) in [4.78, 5) is 37.4. The van der Waals surface area contributed by atoms with Crippen molar-refractivity contribution in [2.45, 2.75) is 45.6 Å². The molecule has 2 N–H and O–H groups in total. The molecular weight excluding hydrogens is 460 g/mol. The Morgan fingerprint density at radius 1 is 1.09 bits per heavy atom. The average molecular weight is 495 g/mol. The van der Waals surface area contributed by atoms with E-state index in [1.165, 1.54) is 15.3 Å². The SMILES string of the molecule is CCC1(C)NC(=O)N(CCCCN2CCN(C3=Nc4ccccc4Nc4sc(C)cc43)CC2)C1=O. The molecule has 1 atom stereocenters. The summed E-state index contributed by atoms with van der Waals surface area (Å²) in [6.45, 7) is 11.1. The third-order valence-corrected chi connectivity index (χ3v) is 8.27. The Morgan fingerprint density at radius 2 is 1.83 bits per heavy atom. The molecule has 186 valence electrons. The fourth-order valence-electron chi connectivity index (χ4n) is 4.97. The van der Waals surface area contributed by atoms with Crippen molar-refractivity contribution in [3.8, 4) is 0 Å². The number of amides is 3. The molecule has 3 aliphatic heterocycles. The van der Waals surface area contributed by atoms with Gasteiger partial charge in [-0.3, -0.25) is 14.6 Å². The Balaban J connectivity index is 1.16. The number of unbranched alkanes of at least 4 members (excludes halogenated alkanes) is 1. The third-order valence-electron chi connectivity index (χ3n) is 7.30. The molecule has 0 radical (unpaired) electrons. The second-order valence-electron chi connectivity index (χ2n) is 9.79. The molecule has 35 heavy (non-hydrogen) atoms. The van der Waals surface area contributed by atoms with Gasteiger partial charge in [0.25, 0.3) is 5.91 Å². The summed E-state index contributed by atoms with van der Waals surface area (Å²) in [6.07, 6.45) is 2.40. The normalized spacial score (nSPS) is 22.3. The van der Waals surface area contributed by atoms with Crippen molar-refractivity contribution >= 4 is 45.5 Å². The molecule has 2 aromatic rings. The van der Waals surface area contributed by atoms with Crippen LogP contribution in [0.25, 0.3) is 0 Å². The summed E-state index contributed by atoms with van der Waals surface area (Å²) in [5.41, 5.74) is 2.47. The van der Waals surface area contributed by atoms with Crippen molar-refractivity contribution in [1.82, 2.24) is 20.0 Å². The number of carbonyl (C=O) groups is 2. The van der Waals surface area contributed by atoms with E-state index in [-0.39, 0.29) is 11.9 Å². The van der Waals surface area contributed by atoms with Gasteiger partial charge in [0.05, 0.1) is 16.9 Å². The van der Waals surface area contributed by atoms with E-state index in [1.807, 2.05) is 19.1 Å². The fraction of sp³-hybridized carbons (Fsp3) is 0.500. The lowest BCUT2D eigenvalue weighted by molar-refractivity contribution is -0.130. The van der Waals surface area contributed by atoms with E-state index in [9.17, 15) is 9.59 Å². The summed E-state index contributed by atoms with van der Waals surface area (Å²) in [7, 11) is 0. The number of aliphatic imine (C=N–C) groups is 1. The predicted octanol–water partition coefficient (Wildman–Crippen LogP) is 4.31. The van der Waals surface area contributed by atoms with E-state index in [0.717, 1.165) is 67.8 Å². The summed E-state index contributed by atoms with van der Waals surface area (Å²) in [5, 5.41) is 7.58. The van der Waals surface area contributed by atoms with Crippen molar-refractivity contribution in [1.29, 1.82) is 0 Å². The highest BCUT2D eigenvalue weighted by Crippen LogP contribution is 2.39. The highest BCUT2D eigenvalue weighted by Gasteiger charge is 2.45. The zero-order valence-electron chi connectivity index (χ0n) is 20.8. The maximum absolute atomic E-state index is 12.6. The van der Waals surface area contributed by atoms with Gasteiger partial charge < -0.3 is 15.5 Å². The van der Waals surface area contributed by atoms with Gasteiger partial charge in [0.2, 0.25) is 0 Å². The third kappa shape index (κ3) is 4.67. The fourth-order valence-corrected chi connectivity index (χ4v) is 5.89. The number of hydrogen-bond donors (Lipinski definition) is 2. The van der Waals surface area contributed by atoms with Crippen LogP contribution in [-0.2, 0) is 4.79 Å². The molecule has 1 aromatic heterocycles. The number of aryl methyl sites for hydroxylation is 1. The maximum atomic E-state index is 12.6. The Morgan fingerprint density at radius 3 is 2.57 bits per heavy atom. The van der Waals surface area contributed by atoms with E-state index >= 15 is 0 Å². The first-order valence-corrected chi connectivity index (χ1v) is 13.4. The monoisotopic (exact) mass is 494 g/mol. The second kappa shape index (κ2) is 9.62. The van der Waals surface area contributed by atoms with Crippen LogP contribution in [0.3, 0.4) is 0 Å². The summed E-state index contributed by atoms with van der Waals surface area (Å²) in [6, 6.07) is 10.2. The number of fused-ring (bicyclic) bond motifs is 2. The lowest BCUT2D eigenvalue weighted by atomic mass is 9.99. The van der Waals surface area contributed by atoms with Gasteiger partial charge in [-0.1, -0.05) is 19.1 Å². The molecule has 5 rings (SSSR count). The largest absolute Gasteiger partial charge is 0.353 e. The topological polar surface area (TPSA) is 80.3 Å². The molecule has 1 aromatic carbocycles. The van der Waals surface area contributed by atoms with E-state index in [4.69, 9.17) is 4.99 Å². The van der Waals surface area contributed by atoms with E-state index in [1.54, 1.807) is 18.3 Å². The van der Waals surface area contributed by atoms with Gasteiger partial charge in [0, 0.05) is 37.6 Å². The van der Waals surface area contributed by atoms with Gasteiger partial charge in [-0.15, -0.1) is 11.3 Å². The number of para-hydroxylation sites is 2. The molecule has 0 spiro atoms. The molecule has 9 heteroatoms. The highest BCUT2D eigenvalue weighted by molar-refractivity contribution is 7.16. The summed E-state index contributed by atoms with van der Waals surface area (Å²) >= 11 is 1.78. The zero-order chi connectivity index (χ0) is 24.6. The number of anilines is 2. The van der Waals surface area contributed by atoms with Gasteiger partial charge in [-0.05, 0) is 57.9 Å². The van der Waals surface area contributed by atoms with Crippen LogP contribution in [0.4, 0.5) is 21.2 Å². The van der Waals surface area contributed by atoms with Crippen LogP contribution in [0.5, 0.6) is 0 Å². The molecule has 4 heterocycles. The van der Waals surface area contributed by atoms with Crippen LogP contribution in [-0.4, -0.2) is 77.3 Å². The number of piperazine rings is 1. The number of benzene rings is 1. The van der Waals surface area contributed by atoms with Gasteiger partial charge in [-0.2, -0.15) is 0 Å². The molecule has 3 amide bonds. The van der Waals surface area contributed by atoms with Gasteiger partial charge >= 0.3 is 6.03 Å². The molecule has 0 saturated carbocycles. The number of rotatable bonds is 6. The number of nitrogens with one attached hydrogen (secondary N) is 2. The van der Waals surface area contributed by atoms with Crippen LogP contribution >= 0.6 is 11.3 Å². The minimum Gasteiger partial charge on any atom is -0.353 e. The number of nitrogens with zero attached hydrogens (tertiary/aromatic N) is 4. The lowest BCUT2D eigenvalue weighted by Crippen LogP contribution is -2.49. The number of carbonyl (C=O) groups excluding carboxylic acids is 2. The molecular formula is C26H34N6O2S. The Kier molecular flexibility index (Phi) is 6.55. The number of urea groups is 1. The lowest BCUT2D eigenvalue weighted by Gasteiger charge is -2.36. The molecule has 2 saturated heterocycles. The first kappa shape index (κ1) is 23.8. The van der Waals surface area contributed by atoms with Crippen LogP contribution < -0.4 is 10.6 Å². The van der Waals surface area contributed by atoms with Crippen molar-refractivity contribution < 1.29 is 9.59 Å². The van der Waals surface area contributed by atoms with Crippen LogP contribution in [0.1, 0.15) is 43.6 Å². The van der Waals surface area contributed by atoms with Crippen molar-refractivity contribution in [2.75, 3.05) is 44.6 Å². The van der Waals surface area contributed by atoms with Crippen molar-refractivity contribution in [3.63, 3.8) is 0 Å². The second-order valence-corrected chi connectivity index (χ2v) is 11.0. The van der Waals surface area contributed by atoms with Crippen molar-refractivity contribution in [2.24, 2.45) is 4.99 Å². The number of imide groups is 1. The Bertz CT molecular complexity index is 1150. The molecule has 1 unspecified atom stereocenters. The highest BCUT2D eigenvalue weighted by atomic mass is 32.1. The average Bonchev–Trinajstić information content (AvgIpc) is 3.26. The van der Waals surface area contributed by atoms with E-state index in [2.05, 4.69) is 45.6 Å². The van der Waals surface area contributed by atoms with E-state index in [0.29, 0.717) is 13.0 Å². The van der Waals surface area contributed by atoms with Crippen molar-refractivity contribution in [3.05, 3.63) is 40.8 Å². The Hall–Kier alpha value is -2.91. The smallest absolute Gasteiger partial charge is 0.325 e. The number of hydrogen-bond acceptors (Lipinski definition) is 7. The van der Waals surface area contributed by atoms with Crippen LogP contribution in [0.15, 0.2) is 35.3 Å². The standard InChI is InChI=1S/C26H34N6O2S/c1-4-26(3)24(33)32(25(34)29-26)12-8-7-11-30-13-15-31(16-14-30)22-19-17-18(2)35-23(19)28-21-10-6-5-9-20(21)27-22/h5-6,9-10,17,28H,4,7-8,11-16H2,1-3H3,(H,29,34). The van der Waals surface area contributed by atoms with Crippen LogP contribution in [0, 0.1) is 6.92 Å². The number of amidine groups is 1. The molecule has 0 bridgehead atoms. The molecule has 2 fully saturated rings. The first-order valence-electron chi connectivity index (χ1n) is 12.5. The van der Waals surface area contributed by atoms with Gasteiger partial charge in [-0.25, -0.2) is 9.79 Å². The maximum Gasteiger partial charge on any atom is 0.325 e. The summed E-state index contributed by atoms with van der Waals surface area (Å²) in [5.74, 6) is 0.959. The van der Waals surface area contributed by atoms with Gasteiger partial charge in [0.1, 0.15) is 16.4 Å². The summed E-state index contributed by atoms with van der Waals surface area (Å²) < 4.78 is 0. The molecule has 8 nitrogen and oxygen atoms in total. The minimum absolute atomic E-state index is 0.0955. The quantitative estimate of drug-likeness (QED) is 0.462. The van der Waals surface area contributed by atoms with Gasteiger partial charge in [0.15, 0.2) is 0 Å². The minimum atomic E-state index is -0.745. The number of thiophene rings is 1.